The highest BCUT2D eigenvalue weighted by Crippen LogP contribution is 2.37. The fourth-order valence-electron chi connectivity index (χ4n) is 1.86. The van der Waals surface area contributed by atoms with Crippen LogP contribution < -0.4 is 9.47 Å². The molecule has 0 fully saturated rings. The van der Waals surface area contributed by atoms with Crippen LogP contribution in [0.1, 0.15) is 15.9 Å². The van der Waals surface area contributed by atoms with E-state index >= 15 is 0 Å². The molecule has 0 bridgehead atoms. The second kappa shape index (κ2) is 5.92. The molecule has 0 aliphatic rings. The van der Waals surface area contributed by atoms with Gasteiger partial charge in [0.2, 0.25) is 0 Å². The minimum absolute atomic E-state index is 0.0352. The maximum Gasteiger partial charge on any atom is 0.199 e. The summed E-state index contributed by atoms with van der Waals surface area (Å²) in [6.45, 7) is 0. The lowest BCUT2D eigenvalue weighted by atomic mass is 10.0. The van der Waals surface area contributed by atoms with Gasteiger partial charge in [-0.15, -0.1) is 0 Å². The first-order valence-electron chi connectivity index (χ1n) is 5.79. The summed E-state index contributed by atoms with van der Waals surface area (Å²) in [6.07, 6.45) is 0. The smallest absolute Gasteiger partial charge is 0.199 e. The minimum Gasteiger partial charge on any atom is -0.495 e. The van der Waals surface area contributed by atoms with Gasteiger partial charge in [0.1, 0.15) is 16.6 Å². The van der Waals surface area contributed by atoms with Crippen LogP contribution in [-0.2, 0) is 0 Å². The van der Waals surface area contributed by atoms with Crippen LogP contribution in [0.25, 0.3) is 0 Å². The normalized spacial score (nSPS) is 10.2. The van der Waals surface area contributed by atoms with Gasteiger partial charge >= 0.3 is 0 Å². The van der Waals surface area contributed by atoms with Crippen LogP contribution in [0.4, 0.5) is 4.39 Å². The van der Waals surface area contributed by atoms with Gasteiger partial charge in [-0.05, 0) is 24.3 Å². The van der Waals surface area contributed by atoms with E-state index in [-0.39, 0.29) is 21.9 Å². The Labute approximate surface area is 120 Å². The maximum atomic E-state index is 13.7. The van der Waals surface area contributed by atoms with Crippen molar-refractivity contribution in [1.29, 1.82) is 0 Å². The van der Waals surface area contributed by atoms with Gasteiger partial charge in [-0.1, -0.05) is 23.7 Å². The van der Waals surface area contributed by atoms with E-state index in [1.54, 1.807) is 12.1 Å². The molecular formula is C15H12ClFO3. The third-order valence-electron chi connectivity index (χ3n) is 2.85. The molecule has 0 unspecified atom stereocenters. The third kappa shape index (κ3) is 2.47. The Kier molecular flexibility index (Phi) is 4.25. The molecule has 2 aromatic carbocycles. The summed E-state index contributed by atoms with van der Waals surface area (Å²) < 4.78 is 23.9. The molecule has 0 aromatic heterocycles. The van der Waals surface area contributed by atoms with Crippen LogP contribution in [0.15, 0.2) is 36.4 Å². The minimum atomic E-state index is -0.591. The Morgan fingerprint density at radius 1 is 1.05 bits per heavy atom. The van der Waals surface area contributed by atoms with Crippen molar-refractivity contribution in [3.05, 3.63) is 58.4 Å². The second-order valence-corrected chi connectivity index (χ2v) is 4.35. The summed E-state index contributed by atoms with van der Waals surface area (Å²) >= 11 is 6.09. The van der Waals surface area contributed by atoms with Crippen molar-refractivity contribution in [2.24, 2.45) is 0 Å². The summed E-state index contributed by atoms with van der Waals surface area (Å²) in [5, 5.41) is 0.178. The Morgan fingerprint density at radius 3 is 2.35 bits per heavy atom. The van der Waals surface area contributed by atoms with Crippen molar-refractivity contribution in [2.45, 2.75) is 0 Å². The molecule has 0 N–H and O–H groups in total. The summed E-state index contributed by atoms with van der Waals surface area (Å²) in [7, 11) is 2.85. The molecular weight excluding hydrogens is 283 g/mol. The van der Waals surface area contributed by atoms with Gasteiger partial charge in [0, 0.05) is 0 Å². The lowest BCUT2D eigenvalue weighted by Gasteiger charge is -2.12. The van der Waals surface area contributed by atoms with E-state index in [0.29, 0.717) is 5.75 Å². The van der Waals surface area contributed by atoms with Gasteiger partial charge in [0.25, 0.3) is 0 Å². The number of methoxy groups -OCH3 is 2. The Hall–Kier alpha value is -2.07. The van der Waals surface area contributed by atoms with Crippen molar-refractivity contribution in [1.82, 2.24) is 0 Å². The van der Waals surface area contributed by atoms with Crippen molar-refractivity contribution in [3.8, 4) is 11.5 Å². The van der Waals surface area contributed by atoms with Gasteiger partial charge in [-0.3, -0.25) is 4.79 Å². The number of benzene rings is 2. The molecule has 3 nitrogen and oxygen atoms in total. The molecule has 0 aliphatic carbocycles. The lowest BCUT2D eigenvalue weighted by Crippen LogP contribution is -2.07. The largest absolute Gasteiger partial charge is 0.495 e. The number of carbonyl (C=O) groups is 1. The third-order valence-corrected chi connectivity index (χ3v) is 3.21. The van der Waals surface area contributed by atoms with Crippen molar-refractivity contribution in [3.63, 3.8) is 0 Å². The fraction of sp³-hybridized carbons (Fsp3) is 0.133. The fourth-order valence-corrected chi connectivity index (χ4v) is 2.18. The molecule has 5 heteroatoms. The van der Waals surface area contributed by atoms with E-state index in [0.717, 1.165) is 0 Å². The Bertz CT molecular complexity index is 656. The van der Waals surface area contributed by atoms with E-state index in [2.05, 4.69) is 0 Å². The summed E-state index contributed by atoms with van der Waals surface area (Å²) in [5.41, 5.74) is 0.149. The van der Waals surface area contributed by atoms with E-state index in [1.165, 1.54) is 38.5 Å². The predicted molar refractivity (Wildman–Crippen MR) is 74.4 cm³/mol. The average molecular weight is 295 g/mol. The van der Waals surface area contributed by atoms with Gasteiger partial charge < -0.3 is 9.47 Å². The standard InChI is InChI=1S/C15H12ClFO3/c1-19-12-8-7-10(15(20-2)13(12)16)14(18)9-5-3-4-6-11(9)17/h3-8H,1-2H3. The highest BCUT2D eigenvalue weighted by atomic mass is 35.5. The monoisotopic (exact) mass is 294 g/mol. The maximum absolute atomic E-state index is 13.7. The molecule has 0 heterocycles. The molecule has 2 rings (SSSR count). The Morgan fingerprint density at radius 2 is 1.75 bits per heavy atom. The zero-order valence-corrected chi connectivity index (χ0v) is 11.7. The van der Waals surface area contributed by atoms with Crippen molar-refractivity contribution in [2.75, 3.05) is 14.2 Å². The van der Waals surface area contributed by atoms with Gasteiger partial charge in [0.05, 0.1) is 25.3 Å². The first-order valence-corrected chi connectivity index (χ1v) is 6.17. The van der Waals surface area contributed by atoms with Crippen LogP contribution >= 0.6 is 11.6 Å². The molecule has 0 saturated carbocycles. The second-order valence-electron chi connectivity index (χ2n) is 3.97. The van der Waals surface area contributed by atoms with Crippen molar-refractivity contribution >= 4 is 17.4 Å². The van der Waals surface area contributed by atoms with E-state index < -0.39 is 11.6 Å². The molecule has 104 valence electrons. The SMILES string of the molecule is COc1ccc(C(=O)c2ccccc2F)c(OC)c1Cl. The molecule has 0 aliphatic heterocycles. The zero-order chi connectivity index (χ0) is 14.7. The van der Waals surface area contributed by atoms with E-state index in [4.69, 9.17) is 21.1 Å². The molecule has 0 radical (unpaired) electrons. The molecule has 20 heavy (non-hydrogen) atoms. The number of ketones is 1. The molecule has 0 spiro atoms. The highest BCUT2D eigenvalue weighted by Gasteiger charge is 2.21. The molecule has 0 atom stereocenters. The number of hydrogen-bond acceptors (Lipinski definition) is 3. The summed E-state index contributed by atoms with van der Waals surface area (Å²) in [6, 6.07) is 8.79. The van der Waals surface area contributed by atoms with Gasteiger partial charge in [-0.2, -0.15) is 0 Å². The molecule has 0 saturated heterocycles. The quantitative estimate of drug-likeness (QED) is 0.806. The molecule has 0 amide bonds. The Balaban J connectivity index is 2.56. The number of carbonyl (C=O) groups excluding carboxylic acids is 1. The average Bonchev–Trinajstić information content (AvgIpc) is 2.46. The van der Waals surface area contributed by atoms with Crippen molar-refractivity contribution < 1.29 is 18.7 Å². The number of halogens is 2. The van der Waals surface area contributed by atoms with Crippen LogP contribution in [0, 0.1) is 5.82 Å². The molecule has 2 aromatic rings. The first kappa shape index (κ1) is 14.3. The number of rotatable bonds is 4. The van der Waals surface area contributed by atoms with Crippen LogP contribution in [0.5, 0.6) is 11.5 Å². The number of hydrogen-bond donors (Lipinski definition) is 0. The zero-order valence-electron chi connectivity index (χ0n) is 10.9. The summed E-state index contributed by atoms with van der Waals surface area (Å²) in [4.78, 5) is 12.4. The van der Waals surface area contributed by atoms with E-state index in [1.807, 2.05) is 0 Å². The summed E-state index contributed by atoms with van der Waals surface area (Å²) in [5.74, 6) is -0.538. The first-order chi connectivity index (χ1) is 9.60. The number of ether oxygens (including phenoxy) is 2. The predicted octanol–water partition coefficient (Wildman–Crippen LogP) is 3.73. The van der Waals surface area contributed by atoms with Gasteiger partial charge in [0.15, 0.2) is 11.5 Å². The van der Waals surface area contributed by atoms with Gasteiger partial charge in [-0.25, -0.2) is 4.39 Å². The topological polar surface area (TPSA) is 35.5 Å². The van der Waals surface area contributed by atoms with Crippen LogP contribution in [0.2, 0.25) is 5.02 Å². The highest BCUT2D eigenvalue weighted by molar-refractivity contribution is 6.34. The van der Waals surface area contributed by atoms with E-state index in [9.17, 15) is 9.18 Å². The lowest BCUT2D eigenvalue weighted by molar-refractivity contribution is 0.103. The van der Waals surface area contributed by atoms with Crippen LogP contribution in [-0.4, -0.2) is 20.0 Å². The van der Waals surface area contributed by atoms with Crippen LogP contribution in [0.3, 0.4) is 0 Å².